The number of piperazine rings is 1. The van der Waals surface area contributed by atoms with Crippen LogP contribution in [0.4, 0.5) is 11.4 Å². The second-order valence-corrected chi connectivity index (χ2v) is 9.77. The normalized spacial score (nSPS) is 23.7. The average molecular weight is 450 g/mol. The van der Waals surface area contributed by atoms with Crippen LogP contribution >= 0.6 is 0 Å². The van der Waals surface area contributed by atoms with E-state index < -0.39 is 5.41 Å². The second-order valence-electron chi connectivity index (χ2n) is 9.77. The lowest BCUT2D eigenvalue weighted by Crippen LogP contribution is -2.43. The summed E-state index contributed by atoms with van der Waals surface area (Å²) in [5, 5.41) is 12.4. The summed E-state index contributed by atoms with van der Waals surface area (Å²) in [5.74, 6) is 0.425. The number of hydrogen-bond donors (Lipinski definition) is 2. The van der Waals surface area contributed by atoms with Crippen LogP contribution in [0.1, 0.15) is 23.5 Å². The van der Waals surface area contributed by atoms with E-state index in [9.17, 15) is 4.79 Å². The Labute approximate surface area is 198 Å². The van der Waals surface area contributed by atoms with Gasteiger partial charge < -0.3 is 15.1 Å². The Balaban J connectivity index is 1.19. The average Bonchev–Trinajstić information content (AvgIpc) is 3.46. The number of para-hydroxylation sites is 1. The van der Waals surface area contributed by atoms with Crippen LogP contribution in [0.3, 0.4) is 0 Å². The summed E-state index contributed by atoms with van der Waals surface area (Å²) < 4.78 is 0. The molecule has 1 aromatic heterocycles. The molecule has 1 saturated heterocycles. The van der Waals surface area contributed by atoms with E-state index in [4.69, 9.17) is 0 Å². The fourth-order valence-electron chi connectivity index (χ4n) is 6.09. The van der Waals surface area contributed by atoms with Gasteiger partial charge in [-0.3, -0.25) is 9.89 Å². The highest BCUT2D eigenvalue weighted by Crippen LogP contribution is 2.66. The van der Waals surface area contributed by atoms with Gasteiger partial charge in [-0.25, -0.2) is 0 Å². The Morgan fingerprint density at radius 2 is 1.79 bits per heavy atom. The molecule has 1 amide bonds. The highest BCUT2D eigenvalue weighted by molar-refractivity contribution is 6.11. The highest BCUT2D eigenvalue weighted by atomic mass is 16.2. The molecule has 2 fully saturated rings. The van der Waals surface area contributed by atoms with Gasteiger partial charge in [0.25, 0.3) is 0 Å². The summed E-state index contributed by atoms with van der Waals surface area (Å²) in [5.41, 5.74) is 7.39. The number of nitrogens with zero attached hydrogens (tertiary/aromatic N) is 3. The fourth-order valence-corrected chi connectivity index (χ4v) is 6.09. The molecule has 34 heavy (non-hydrogen) atoms. The molecule has 0 bridgehead atoms. The van der Waals surface area contributed by atoms with Gasteiger partial charge in [0.1, 0.15) is 0 Å². The zero-order valence-electron chi connectivity index (χ0n) is 19.2. The number of benzene rings is 3. The lowest BCUT2D eigenvalue weighted by atomic mass is 9.91. The number of amides is 1. The molecule has 1 saturated carbocycles. The molecule has 3 aromatic carbocycles. The van der Waals surface area contributed by atoms with Crippen molar-refractivity contribution < 1.29 is 4.79 Å². The first-order valence-corrected chi connectivity index (χ1v) is 12.1. The van der Waals surface area contributed by atoms with Gasteiger partial charge in [0.2, 0.25) is 5.91 Å². The lowest BCUT2D eigenvalue weighted by molar-refractivity contribution is -0.120. The van der Waals surface area contributed by atoms with E-state index in [0.29, 0.717) is 0 Å². The van der Waals surface area contributed by atoms with Crippen LogP contribution in [0.15, 0.2) is 66.7 Å². The first-order valence-electron chi connectivity index (χ1n) is 12.1. The Bertz CT molecular complexity index is 1420. The third-order valence-electron chi connectivity index (χ3n) is 8.01. The molecule has 1 spiro atoms. The molecule has 1 aliphatic carbocycles. The topological polar surface area (TPSA) is 64.3 Å². The van der Waals surface area contributed by atoms with Crippen molar-refractivity contribution in [3.63, 3.8) is 0 Å². The van der Waals surface area contributed by atoms with Crippen LogP contribution in [-0.4, -0.2) is 49.3 Å². The van der Waals surface area contributed by atoms with Crippen molar-refractivity contribution in [2.75, 3.05) is 43.0 Å². The number of nitrogens with one attached hydrogen (secondary N) is 2. The minimum Gasteiger partial charge on any atom is -0.369 e. The Morgan fingerprint density at radius 3 is 2.62 bits per heavy atom. The second kappa shape index (κ2) is 7.18. The summed E-state index contributed by atoms with van der Waals surface area (Å²) in [6, 6.07) is 23.5. The number of anilines is 2. The molecule has 0 radical (unpaired) electrons. The van der Waals surface area contributed by atoms with Gasteiger partial charge in [0.15, 0.2) is 0 Å². The van der Waals surface area contributed by atoms with Crippen LogP contribution < -0.4 is 15.1 Å². The van der Waals surface area contributed by atoms with Crippen molar-refractivity contribution in [1.82, 2.24) is 15.5 Å². The van der Waals surface area contributed by atoms with Crippen LogP contribution in [0.2, 0.25) is 0 Å². The third kappa shape index (κ3) is 2.72. The van der Waals surface area contributed by atoms with Gasteiger partial charge in [-0.05, 0) is 41.8 Å². The van der Waals surface area contributed by atoms with Crippen molar-refractivity contribution >= 4 is 28.2 Å². The van der Waals surface area contributed by atoms with E-state index in [1.54, 1.807) is 0 Å². The molecule has 6 nitrogen and oxygen atoms in total. The molecule has 1 unspecified atom stereocenters. The minimum atomic E-state index is -0.401. The zero-order chi connectivity index (χ0) is 22.9. The SMILES string of the molecule is CN1C(=O)[C@@]2(CC2c2ccc3c(-c4ccc(N5CCNCC5)cc4)n[nH]c3c2)c2ccccc21. The number of hydrogen-bond acceptors (Lipinski definition) is 4. The predicted molar refractivity (Wildman–Crippen MR) is 136 cm³/mol. The summed E-state index contributed by atoms with van der Waals surface area (Å²) in [6.45, 7) is 4.14. The highest BCUT2D eigenvalue weighted by Gasteiger charge is 2.66. The number of carbonyl (C=O) groups is 1. The summed E-state index contributed by atoms with van der Waals surface area (Å²) >= 11 is 0. The molecule has 7 rings (SSSR count). The number of H-pyrrole nitrogens is 1. The maximum atomic E-state index is 13.2. The minimum absolute atomic E-state index is 0.209. The summed E-state index contributed by atoms with van der Waals surface area (Å²) in [7, 11) is 1.89. The van der Waals surface area contributed by atoms with Gasteiger partial charge in [0, 0.05) is 61.5 Å². The van der Waals surface area contributed by atoms with Gasteiger partial charge in [0.05, 0.1) is 16.6 Å². The van der Waals surface area contributed by atoms with Crippen LogP contribution in [0, 0.1) is 0 Å². The first-order chi connectivity index (χ1) is 16.7. The fraction of sp³-hybridized carbons (Fsp3) is 0.286. The molecule has 4 aromatic rings. The Hall–Kier alpha value is -3.64. The van der Waals surface area contributed by atoms with E-state index in [2.05, 4.69) is 75.0 Å². The first kappa shape index (κ1) is 19.8. The third-order valence-corrected chi connectivity index (χ3v) is 8.01. The number of carbonyl (C=O) groups excluding carboxylic acids is 1. The van der Waals surface area contributed by atoms with Crippen molar-refractivity contribution in [3.8, 4) is 11.3 Å². The van der Waals surface area contributed by atoms with Gasteiger partial charge in [-0.15, -0.1) is 0 Å². The van der Waals surface area contributed by atoms with Gasteiger partial charge in [-0.1, -0.05) is 42.5 Å². The van der Waals surface area contributed by atoms with E-state index in [-0.39, 0.29) is 11.8 Å². The number of fused-ring (bicyclic) bond motifs is 3. The monoisotopic (exact) mass is 449 g/mol. The Morgan fingerprint density at radius 1 is 1.00 bits per heavy atom. The number of aromatic nitrogens is 2. The van der Waals surface area contributed by atoms with Crippen LogP contribution in [0.5, 0.6) is 0 Å². The van der Waals surface area contributed by atoms with Crippen molar-refractivity contribution in [3.05, 3.63) is 77.9 Å². The van der Waals surface area contributed by atoms with E-state index in [1.807, 2.05) is 24.1 Å². The molecule has 2 N–H and O–H groups in total. The molecule has 3 aliphatic rings. The summed E-state index contributed by atoms with van der Waals surface area (Å²) in [6.07, 6.45) is 0.868. The van der Waals surface area contributed by atoms with Gasteiger partial charge in [-0.2, -0.15) is 5.10 Å². The Kier molecular flexibility index (Phi) is 4.18. The molecule has 3 heterocycles. The molecular weight excluding hydrogens is 422 g/mol. The molecule has 6 heteroatoms. The quantitative estimate of drug-likeness (QED) is 0.496. The number of aromatic amines is 1. The largest absolute Gasteiger partial charge is 0.369 e. The van der Waals surface area contributed by atoms with Gasteiger partial charge >= 0.3 is 0 Å². The maximum Gasteiger partial charge on any atom is 0.238 e. The van der Waals surface area contributed by atoms with E-state index >= 15 is 0 Å². The predicted octanol–water partition coefficient (Wildman–Crippen LogP) is 4.04. The molecule has 2 atom stereocenters. The lowest BCUT2D eigenvalue weighted by Gasteiger charge is -2.29. The molecule has 2 aliphatic heterocycles. The number of likely N-dealkylation sites (N-methyl/N-ethyl adjacent to an activating group) is 1. The smallest absolute Gasteiger partial charge is 0.238 e. The number of rotatable bonds is 3. The maximum absolute atomic E-state index is 13.2. The van der Waals surface area contributed by atoms with Crippen LogP contribution in [0.25, 0.3) is 22.2 Å². The molecule has 170 valence electrons. The van der Waals surface area contributed by atoms with Crippen LogP contribution in [-0.2, 0) is 10.2 Å². The standard InChI is InChI=1S/C28H27N5O/c1-32-25-5-3-2-4-22(25)28(27(32)34)17-23(28)19-8-11-21-24(16-19)30-31-26(21)18-6-9-20(10-7-18)33-14-12-29-13-15-33/h2-11,16,23,29H,12-15,17H2,1H3,(H,30,31)/t23?,28-/m0/s1. The van der Waals surface area contributed by atoms with E-state index in [1.165, 1.54) is 16.8 Å². The summed E-state index contributed by atoms with van der Waals surface area (Å²) in [4.78, 5) is 17.5. The molecular formula is C28H27N5O. The van der Waals surface area contributed by atoms with Crippen molar-refractivity contribution in [1.29, 1.82) is 0 Å². The van der Waals surface area contributed by atoms with Crippen molar-refractivity contribution in [2.45, 2.75) is 17.8 Å². The van der Waals surface area contributed by atoms with E-state index in [0.717, 1.165) is 60.4 Å². The van der Waals surface area contributed by atoms with Crippen molar-refractivity contribution in [2.24, 2.45) is 0 Å². The zero-order valence-corrected chi connectivity index (χ0v) is 19.2.